The smallest absolute Gasteiger partial charge is 0.283 e. The first kappa shape index (κ1) is 21.5. The lowest BCUT2D eigenvalue weighted by Gasteiger charge is -2.42. The van der Waals surface area contributed by atoms with Gasteiger partial charge in [-0.1, -0.05) is 18.5 Å². The Morgan fingerprint density at radius 2 is 2.10 bits per heavy atom. The van der Waals surface area contributed by atoms with Gasteiger partial charge in [-0.05, 0) is 37.3 Å². The summed E-state index contributed by atoms with van der Waals surface area (Å²) < 4.78 is 34.0. The van der Waals surface area contributed by atoms with Crippen LogP contribution in [0, 0.1) is 17.2 Å². The normalized spacial score (nSPS) is 23.3. The third-order valence-corrected chi connectivity index (χ3v) is 5.44. The van der Waals surface area contributed by atoms with E-state index in [1.165, 1.54) is 36.5 Å². The molecule has 1 aromatic heterocycles. The number of benzene rings is 1. The van der Waals surface area contributed by atoms with E-state index in [0.717, 1.165) is 0 Å². The lowest BCUT2D eigenvalue weighted by Crippen LogP contribution is -2.51. The van der Waals surface area contributed by atoms with E-state index >= 15 is 0 Å². The number of alkyl halides is 2. The lowest BCUT2D eigenvalue weighted by molar-refractivity contribution is -0.0347. The summed E-state index contributed by atoms with van der Waals surface area (Å²) in [5, 5.41) is 11.5. The number of ether oxygens (including phenoxy) is 1. The van der Waals surface area contributed by atoms with Gasteiger partial charge < -0.3 is 15.8 Å². The van der Waals surface area contributed by atoms with Crippen LogP contribution in [0.5, 0.6) is 0 Å². The Kier molecular flexibility index (Phi) is 5.89. The molecule has 30 heavy (non-hydrogen) atoms. The molecule has 1 aliphatic rings. The maximum Gasteiger partial charge on any atom is 0.283 e. The predicted molar refractivity (Wildman–Crippen MR) is 107 cm³/mol. The summed E-state index contributed by atoms with van der Waals surface area (Å²) in [7, 11) is 0. The quantitative estimate of drug-likeness (QED) is 0.763. The van der Waals surface area contributed by atoms with E-state index in [1.54, 1.807) is 13.8 Å². The molecule has 0 fully saturated rings. The minimum absolute atomic E-state index is 0.0235. The molecule has 10 heteroatoms. The second-order valence-electron chi connectivity index (χ2n) is 6.88. The number of amides is 1. The molecule has 0 saturated heterocycles. The molecular formula is C20H18ClF2N5O2. The zero-order valence-corrected chi connectivity index (χ0v) is 16.8. The number of halogens is 3. The molecule has 2 aromatic rings. The number of hydrogen-bond acceptors (Lipinski definition) is 6. The highest BCUT2D eigenvalue weighted by Gasteiger charge is 2.53. The largest absolute Gasteiger partial charge is 0.462 e. The summed E-state index contributed by atoms with van der Waals surface area (Å²) in [5.74, 6) is -1.33. The molecule has 3 N–H and O–H groups in total. The van der Waals surface area contributed by atoms with Gasteiger partial charge in [-0.2, -0.15) is 5.26 Å². The summed E-state index contributed by atoms with van der Waals surface area (Å²) in [6, 6.07) is 8.62. The highest BCUT2D eigenvalue weighted by Crippen LogP contribution is 2.47. The molecule has 0 saturated carbocycles. The number of nitrogens with zero attached hydrogens (tertiary/aromatic N) is 3. The van der Waals surface area contributed by atoms with Gasteiger partial charge in [0, 0.05) is 28.4 Å². The molecule has 156 valence electrons. The van der Waals surface area contributed by atoms with Crippen LogP contribution < -0.4 is 11.1 Å². The van der Waals surface area contributed by atoms with Crippen molar-refractivity contribution < 1.29 is 18.3 Å². The summed E-state index contributed by atoms with van der Waals surface area (Å²) in [6.07, 6.45) is -2.30. The van der Waals surface area contributed by atoms with E-state index in [2.05, 4.69) is 15.3 Å². The maximum atomic E-state index is 14.4. The maximum absolute atomic E-state index is 14.4. The van der Waals surface area contributed by atoms with Gasteiger partial charge in [0.1, 0.15) is 17.9 Å². The van der Waals surface area contributed by atoms with Crippen LogP contribution in [0.1, 0.15) is 35.5 Å². The summed E-state index contributed by atoms with van der Waals surface area (Å²) in [6.45, 7) is 3.20. The van der Waals surface area contributed by atoms with Crippen molar-refractivity contribution in [2.24, 2.45) is 16.6 Å². The van der Waals surface area contributed by atoms with Gasteiger partial charge in [0.15, 0.2) is 5.54 Å². The number of anilines is 1. The first-order valence-corrected chi connectivity index (χ1v) is 9.34. The van der Waals surface area contributed by atoms with Crippen molar-refractivity contribution in [3.63, 3.8) is 0 Å². The Labute approximate surface area is 176 Å². The Hall–Kier alpha value is -3.25. The zero-order valence-electron chi connectivity index (χ0n) is 16.1. The average molecular weight is 434 g/mol. The van der Waals surface area contributed by atoms with E-state index < -0.39 is 29.9 Å². The number of pyridine rings is 1. The van der Waals surface area contributed by atoms with E-state index in [9.17, 15) is 13.6 Å². The van der Waals surface area contributed by atoms with Gasteiger partial charge in [-0.15, -0.1) is 0 Å². The van der Waals surface area contributed by atoms with E-state index in [0.29, 0.717) is 5.56 Å². The van der Waals surface area contributed by atoms with E-state index in [-0.39, 0.29) is 28.0 Å². The molecule has 0 radical (unpaired) electrons. The molecule has 0 bridgehead atoms. The van der Waals surface area contributed by atoms with Crippen molar-refractivity contribution in [2.45, 2.75) is 31.9 Å². The van der Waals surface area contributed by atoms with Crippen LogP contribution in [-0.4, -0.2) is 29.4 Å². The number of amidine groups is 1. The van der Waals surface area contributed by atoms with Gasteiger partial charge in [-0.25, -0.2) is 18.8 Å². The van der Waals surface area contributed by atoms with E-state index in [1.807, 2.05) is 6.07 Å². The van der Waals surface area contributed by atoms with Crippen molar-refractivity contribution in [3.8, 4) is 6.07 Å². The molecule has 0 aliphatic carbocycles. The summed E-state index contributed by atoms with van der Waals surface area (Å²) in [4.78, 5) is 20.3. The highest BCUT2D eigenvalue weighted by molar-refractivity contribution is 6.31. The van der Waals surface area contributed by atoms with Gasteiger partial charge in [-0.3, -0.25) is 4.79 Å². The van der Waals surface area contributed by atoms with Crippen LogP contribution in [0.2, 0.25) is 5.02 Å². The number of carbonyl (C=O) groups is 1. The zero-order chi connectivity index (χ0) is 22.1. The standard InChI is InChI=1S/C20H18ClF2N5O2/c1-10-11(2)30-19(25)28-20(10,18(22)23)14-7-13(4-5-15(14)21)27-17(29)16-6-3-12(8-24)9-26-16/h3-7,9-11,18H,1-2H3,(H2,25,28)(H,27,29)/t10-,11?,20-/m1/s1. The number of nitrogens with two attached hydrogens (primary N) is 1. The third kappa shape index (κ3) is 3.78. The Morgan fingerprint density at radius 3 is 2.70 bits per heavy atom. The topological polar surface area (TPSA) is 113 Å². The van der Waals surface area contributed by atoms with Crippen molar-refractivity contribution in [3.05, 3.63) is 58.4 Å². The van der Waals surface area contributed by atoms with Gasteiger partial charge in [0.2, 0.25) is 0 Å². The highest BCUT2D eigenvalue weighted by atomic mass is 35.5. The number of nitriles is 1. The Balaban J connectivity index is 2.00. The van der Waals surface area contributed by atoms with Crippen LogP contribution in [0.3, 0.4) is 0 Å². The Morgan fingerprint density at radius 1 is 1.37 bits per heavy atom. The van der Waals surface area contributed by atoms with Crippen molar-refractivity contribution in [1.29, 1.82) is 5.26 Å². The first-order valence-electron chi connectivity index (χ1n) is 8.96. The SMILES string of the molecule is CC1OC(N)=N[C@](c2cc(NC(=O)c3ccc(C#N)cn3)ccc2Cl)(C(F)F)[C@@H]1C. The van der Waals surface area contributed by atoms with Crippen molar-refractivity contribution >= 4 is 29.2 Å². The van der Waals surface area contributed by atoms with Crippen LogP contribution in [0.4, 0.5) is 14.5 Å². The van der Waals surface area contributed by atoms with Gasteiger partial charge in [0.25, 0.3) is 18.4 Å². The molecule has 3 rings (SSSR count). The third-order valence-electron chi connectivity index (χ3n) is 5.11. The van der Waals surface area contributed by atoms with Crippen LogP contribution in [0.15, 0.2) is 41.5 Å². The number of rotatable bonds is 4. The first-order chi connectivity index (χ1) is 14.2. The van der Waals surface area contributed by atoms with Crippen molar-refractivity contribution in [2.75, 3.05) is 5.32 Å². The molecule has 2 heterocycles. The fourth-order valence-corrected chi connectivity index (χ4v) is 3.60. The monoisotopic (exact) mass is 433 g/mol. The summed E-state index contributed by atoms with van der Waals surface area (Å²) in [5.41, 5.74) is 4.24. The summed E-state index contributed by atoms with van der Waals surface area (Å²) >= 11 is 6.27. The Bertz CT molecular complexity index is 1040. The van der Waals surface area contributed by atoms with E-state index in [4.69, 9.17) is 27.3 Å². The molecule has 1 amide bonds. The minimum atomic E-state index is -2.93. The number of aromatic nitrogens is 1. The fraction of sp³-hybridized carbons (Fsp3) is 0.300. The van der Waals surface area contributed by atoms with Crippen LogP contribution in [0.25, 0.3) is 0 Å². The molecule has 1 unspecified atom stereocenters. The molecule has 3 atom stereocenters. The minimum Gasteiger partial charge on any atom is -0.462 e. The number of carbonyl (C=O) groups excluding carboxylic acids is 1. The predicted octanol–water partition coefficient (Wildman–Crippen LogP) is 3.69. The molecule has 7 nitrogen and oxygen atoms in total. The van der Waals surface area contributed by atoms with Crippen molar-refractivity contribution in [1.82, 2.24) is 4.98 Å². The lowest BCUT2D eigenvalue weighted by atomic mass is 9.76. The number of aliphatic imine (C=N–C) groups is 1. The second kappa shape index (κ2) is 8.24. The molecule has 1 aliphatic heterocycles. The van der Waals surface area contributed by atoms with Gasteiger partial charge >= 0.3 is 0 Å². The second-order valence-corrected chi connectivity index (χ2v) is 7.29. The molecule has 1 aromatic carbocycles. The molecule has 0 spiro atoms. The number of hydrogen-bond donors (Lipinski definition) is 2. The van der Waals surface area contributed by atoms with Gasteiger partial charge in [0.05, 0.1) is 5.56 Å². The van der Waals surface area contributed by atoms with Crippen LogP contribution in [-0.2, 0) is 10.3 Å². The average Bonchev–Trinajstić information content (AvgIpc) is 2.72. The number of nitrogens with one attached hydrogen (secondary N) is 1. The molecular weight excluding hydrogens is 416 g/mol. The fourth-order valence-electron chi connectivity index (χ4n) is 3.33. The van der Waals surface area contributed by atoms with Crippen LogP contribution >= 0.6 is 11.6 Å².